The van der Waals surface area contributed by atoms with Crippen molar-refractivity contribution in [1.29, 1.82) is 0 Å². The van der Waals surface area contributed by atoms with E-state index in [1.54, 1.807) is 6.07 Å². The van der Waals surface area contributed by atoms with Crippen LogP contribution in [0, 0.1) is 0 Å². The van der Waals surface area contributed by atoms with E-state index in [0.29, 0.717) is 23.7 Å². The molecular weight excluding hydrogens is 287 g/mol. The summed E-state index contributed by atoms with van der Waals surface area (Å²) in [4.78, 5) is 11.6. The van der Waals surface area contributed by atoms with Crippen molar-refractivity contribution in [1.82, 2.24) is 0 Å². The van der Waals surface area contributed by atoms with Crippen LogP contribution in [0.25, 0.3) is 0 Å². The average molecular weight is 296 g/mol. The van der Waals surface area contributed by atoms with Gasteiger partial charge in [0.05, 0.1) is 0 Å². The van der Waals surface area contributed by atoms with Crippen LogP contribution in [0.5, 0.6) is 0 Å². The van der Waals surface area contributed by atoms with Gasteiger partial charge in [0, 0.05) is 28.2 Å². The van der Waals surface area contributed by atoms with E-state index in [-0.39, 0.29) is 5.78 Å². The lowest BCUT2D eigenvalue weighted by Crippen LogP contribution is -2.03. The second-order valence-corrected chi connectivity index (χ2v) is 4.36. The van der Waals surface area contributed by atoms with Crippen LogP contribution in [-0.4, -0.2) is 11.7 Å². The van der Waals surface area contributed by atoms with Crippen molar-refractivity contribution in [3.05, 3.63) is 33.8 Å². The fourth-order valence-corrected chi connectivity index (χ4v) is 1.97. The van der Waals surface area contributed by atoms with Crippen LogP contribution in [0.4, 0.5) is 0 Å². The minimum Gasteiger partial charge on any atom is -0.294 e. The van der Waals surface area contributed by atoms with E-state index in [1.165, 1.54) is 0 Å². The summed E-state index contributed by atoms with van der Waals surface area (Å²) >= 11 is 14.6. The molecule has 0 saturated carbocycles. The molecule has 1 aromatic rings. The summed E-state index contributed by atoms with van der Waals surface area (Å²) in [6, 6.07) is 5.46. The quantitative estimate of drug-likeness (QED) is 0.606. The molecule has 0 aliphatic carbocycles. The highest BCUT2D eigenvalue weighted by Crippen LogP contribution is 2.19. The van der Waals surface area contributed by atoms with Crippen molar-refractivity contribution in [3.63, 3.8) is 0 Å². The predicted octanol–water partition coefficient (Wildman–Crippen LogP) is 4.00. The topological polar surface area (TPSA) is 17.1 Å². The van der Waals surface area contributed by atoms with E-state index < -0.39 is 0 Å². The summed E-state index contributed by atoms with van der Waals surface area (Å²) < 4.78 is 0.926. The number of carbonyl (C=O) groups is 1. The first-order valence-corrected chi connectivity index (χ1v) is 5.98. The van der Waals surface area contributed by atoms with Gasteiger partial charge in [0.25, 0.3) is 0 Å². The Bertz CT molecular complexity index is 339. The van der Waals surface area contributed by atoms with Gasteiger partial charge in [-0.15, -0.1) is 23.2 Å². The number of Topliss-reactive ketones (excluding diaryl/α,β-unsaturated/α-hetero) is 1. The number of rotatable bonds is 4. The van der Waals surface area contributed by atoms with Gasteiger partial charge in [-0.25, -0.2) is 0 Å². The third-order valence-corrected chi connectivity index (χ3v) is 2.80. The highest BCUT2D eigenvalue weighted by atomic mass is 79.9. The Kier molecular flexibility index (Phi) is 4.93. The van der Waals surface area contributed by atoms with Gasteiger partial charge >= 0.3 is 0 Å². The zero-order chi connectivity index (χ0) is 10.6. The molecule has 0 fully saturated rings. The van der Waals surface area contributed by atoms with Crippen molar-refractivity contribution < 1.29 is 4.79 Å². The lowest BCUT2D eigenvalue weighted by atomic mass is 10.0. The first-order valence-electron chi connectivity index (χ1n) is 4.12. The highest BCUT2D eigenvalue weighted by molar-refractivity contribution is 9.10. The SMILES string of the molecule is O=C(CCCl)c1ccc(Br)cc1CCl. The third-order valence-electron chi connectivity index (χ3n) is 1.83. The lowest BCUT2D eigenvalue weighted by Gasteiger charge is -2.05. The molecule has 4 heteroatoms. The van der Waals surface area contributed by atoms with Crippen LogP contribution in [0.3, 0.4) is 0 Å². The first kappa shape index (κ1) is 12.0. The van der Waals surface area contributed by atoms with Crippen LogP contribution >= 0.6 is 39.1 Å². The molecule has 0 unspecified atom stereocenters. The molecular formula is C10H9BrCl2O. The van der Waals surface area contributed by atoms with Gasteiger partial charge in [-0.05, 0) is 23.8 Å². The van der Waals surface area contributed by atoms with Crippen molar-refractivity contribution in [2.24, 2.45) is 0 Å². The number of hydrogen-bond acceptors (Lipinski definition) is 1. The molecule has 0 aromatic heterocycles. The predicted molar refractivity (Wildman–Crippen MR) is 63.4 cm³/mol. The number of alkyl halides is 2. The molecule has 0 heterocycles. The molecule has 76 valence electrons. The molecule has 0 radical (unpaired) electrons. The zero-order valence-corrected chi connectivity index (χ0v) is 10.5. The van der Waals surface area contributed by atoms with E-state index in [9.17, 15) is 4.79 Å². The molecule has 1 aromatic carbocycles. The number of halogens is 3. The van der Waals surface area contributed by atoms with E-state index in [0.717, 1.165) is 10.0 Å². The van der Waals surface area contributed by atoms with Gasteiger partial charge in [-0.3, -0.25) is 4.79 Å². The van der Waals surface area contributed by atoms with Gasteiger partial charge in [-0.2, -0.15) is 0 Å². The molecule has 0 saturated heterocycles. The minimum absolute atomic E-state index is 0.0446. The Morgan fingerprint density at radius 1 is 1.36 bits per heavy atom. The molecule has 0 N–H and O–H groups in total. The maximum Gasteiger partial charge on any atom is 0.164 e. The van der Waals surface area contributed by atoms with Crippen LogP contribution in [-0.2, 0) is 5.88 Å². The number of hydrogen-bond donors (Lipinski definition) is 0. The molecule has 0 atom stereocenters. The third kappa shape index (κ3) is 2.97. The molecule has 1 nitrogen and oxygen atoms in total. The normalized spacial score (nSPS) is 10.2. The molecule has 0 spiro atoms. The molecule has 1 rings (SSSR count). The summed E-state index contributed by atoms with van der Waals surface area (Å²) in [5.41, 5.74) is 1.51. The largest absolute Gasteiger partial charge is 0.294 e. The van der Waals surface area contributed by atoms with Gasteiger partial charge < -0.3 is 0 Å². The average Bonchev–Trinajstić information content (AvgIpc) is 2.17. The zero-order valence-electron chi connectivity index (χ0n) is 7.40. The van der Waals surface area contributed by atoms with Crippen molar-refractivity contribution in [3.8, 4) is 0 Å². The van der Waals surface area contributed by atoms with Crippen molar-refractivity contribution in [2.75, 3.05) is 5.88 Å². The monoisotopic (exact) mass is 294 g/mol. The standard InChI is InChI=1S/C10H9BrCl2O/c11-8-1-2-9(7(5-8)6-13)10(14)3-4-12/h1-2,5H,3-4,6H2. The number of ketones is 1. The summed E-state index contributed by atoms with van der Waals surface area (Å²) in [5.74, 6) is 0.725. The Labute approximate surface area is 102 Å². The van der Waals surface area contributed by atoms with Crippen LogP contribution < -0.4 is 0 Å². The second kappa shape index (κ2) is 5.74. The van der Waals surface area contributed by atoms with Crippen LogP contribution in [0.15, 0.2) is 22.7 Å². The van der Waals surface area contributed by atoms with Gasteiger partial charge in [0.1, 0.15) is 0 Å². The summed E-state index contributed by atoms with van der Waals surface area (Å²) in [7, 11) is 0. The number of benzene rings is 1. The minimum atomic E-state index is 0.0446. The Morgan fingerprint density at radius 3 is 2.64 bits per heavy atom. The Balaban J connectivity index is 3.01. The molecule has 0 bridgehead atoms. The van der Waals surface area contributed by atoms with E-state index in [2.05, 4.69) is 15.9 Å². The van der Waals surface area contributed by atoms with Crippen molar-refractivity contribution >= 4 is 44.9 Å². The van der Waals surface area contributed by atoms with Gasteiger partial charge in [0.15, 0.2) is 5.78 Å². The molecule has 0 amide bonds. The Hall–Kier alpha value is -0.0500. The highest BCUT2D eigenvalue weighted by Gasteiger charge is 2.10. The summed E-state index contributed by atoms with van der Waals surface area (Å²) in [6.07, 6.45) is 0.354. The smallest absolute Gasteiger partial charge is 0.164 e. The van der Waals surface area contributed by atoms with E-state index >= 15 is 0 Å². The van der Waals surface area contributed by atoms with Gasteiger partial charge in [-0.1, -0.05) is 15.9 Å². The number of carbonyl (C=O) groups excluding carboxylic acids is 1. The molecule has 14 heavy (non-hydrogen) atoms. The van der Waals surface area contributed by atoms with E-state index in [4.69, 9.17) is 23.2 Å². The summed E-state index contributed by atoms with van der Waals surface area (Å²) in [6.45, 7) is 0. The Morgan fingerprint density at radius 2 is 2.07 bits per heavy atom. The maximum atomic E-state index is 11.6. The fraction of sp³-hybridized carbons (Fsp3) is 0.300. The van der Waals surface area contributed by atoms with Crippen molar-refractivity contribution in [2.45, 2.75) is 12.3 Å². The van der Waals surface area contributed by atoms with E-state index in [1.807, 2.05) is 12.1 Å². The second-order valence-electron chi connectivity index (χ2n) is 2.80. The summed E-state index contributed by atoms with van der Waals surface area (Å²) in [5, 5.41) is 0. The maximum absolute atomic E-state index is 11.6. The molecule has 0 aliphatic heterocycles. The lowest BCUT2D eigenvalue weighted by molar-refractivity contribution is 0.0988. The van der Waals surface area contributed by atoms with Gasteiger partial charge in [0.2, 0.25) is 0 Å². The van der Waals surface area contributed by atoms with Crippen LogP contribution in [0.2, 0.25) is 0 Å². The fourth-order valence-electron chi connectivity index (χ4n) is 1.17. The molecule has 0 aliphatic rings. The first-order chi connectivity index (χ1) is 6.69. The van der Waals surface area contributed by atoms with Crippen LogP contribution in [0.1, 0.15) is 22.3 Å².